The lowest BCUT2D eigenvalue weighted by Gasteiger charge is -2.72. The van der Waals surface area contributed by atoms with E-state index in [1.165, 1.54) is 105 Å². The van der Waals surface area contributed by atoms with Crippen LogP contribution in [0.3, 0.4) is 0 Å². The van der Waals surface area contributed by atoms with Crippen LogP contribution in [0.5, 0.6) is 0 Å². The molecule has 274 valence electrons. The molecule has 8 aliphatic rings. The standard InChI is InChI=1S/C48H52N4P2/c53-48(46-23-32-15-33(24-46)17-34(16-32)25-46,47-26-35-18-36(27-47)20-37(19-35)28-47)43-22-42(39-9-5-2-6-10-39)41(38-7-3-1-4-8-38)21-40(43)31-54(44-29-49-11-13-51-44)45-30-50-12-14-52-45/h1-14,21-22,29-30,32-37H,15-20,23-28,31,53H2. The van der Waals surface area contributed by atoms with E-state index in [1.807, 2.05) is 24.8 Å². The van der Waals surface area contributed by atoms with Gasteiger partial charge in [0.15, 0.2) is 0 Å². The van der Waals surface area contributed by atoms with Gasteiger partial charge in [0, 0.05) is 44.0 Å². The van der Waals surface area contributed by atoms with Crippen LogP contribution < -0.4 is 10.9 Å². The van der Waals surface area contributed by atoms with Crippen molar-refractivity contribution in [3.63, 3.8) is 0 Å². The third-order valence-corrected chi connectivity index (χ3v) is 19.3. The summed E-state index contributed by atoms with van der Waals surface area (Å²) in [5.74, 6) is 5.34. The van der Waals surface area contributed by atoms with E-state index in [0.29, 0.717) is 10.8 Å². The number of benzene rings is 3. The molecule has 8 bridgehead atoms. The highest BCUT2D eigenvalue weighted by atomic mass is 31.1. The number of hydrogen-bond acceptors (Lipinski definition) is 4. The molecule has 0 radical (unpaired) electrons. The summed E-state index contributed by atoms with van der Waals surface area (Å²) < 4.78 is 0. The molecule has 13 rings (SSSR count). The molecule has 1 atom stereocenters. The molecular weight excluding hydrogens is 695 g/mol. The Morgan fingerprint density at radius 1 is 0.556 bits per heavy atom. The van der Waals surface area contributed by atoms with Crippen molar-refractivity contribution in [3.8, 4) is 22.3 Å². The molecule has 2 heterocycles. The fourth-order valence-electron chi connectivity index (χ4n) is 14.5. The van der Waals surface area contributed by atoms with Crippen LogP contribution in [-0.2, 0) is 11.3 Å². The smallest absolute Gasteiger partial charge is 0.0877 e. The number of aromatic nitrogens is 4. The second kappa shape index (κ2) is 13.1. The summed E-state index contributed by atoms with van der Waals surface area (Å²) in [5, 5.41) is -0.00810. The van der Waals surface area contributed by atoms with Gasteiger partial charge in [0.25, 0.3) is 0 Å². The van der Waals surface area contributed by atoms with Gasteiger partial charge in [0.05, 0.1) is 23.3 Å². The maximum atomic E-state index is 4.99. The van der Waals surface area contributed by atoms with E-state index in [-0.39, 0.29) is 5.16 Å². The molecule has 8 fully saturated rings. The van der Waals surface area contributed by atoms with E-state index in [4.69, 9.17) is 9.97 Å². The van der Waals surface area contributed by atoms with E-state index < -0.39 is 7.92 Å². The molecule has 1 unspecified atom stereocenters. The first kappa shape index (κ1) is 34.0. The minimum absolute atomic E-state index is 0.00810. The zero-order valence-electron chi connectivity index (χ0n) is 31.4. The Bertz CT molecular complexity index is 1990. The van der Waals surface area contributed by atoms with Gasteiger partial charge in [-0.25, -0.2) is 0 Å². The van der Waals surface area contributed by atoms with Crippen LogP contribution in [0.25, 0.3) is 22.3 Å². The van der Waals surface area contributed by atoms with Crippen LogP contribution in [0.15, 0.2) is 110 Å². The Morgan fingerprint density at radius 3 is 1.35 bits per heavy atom. The zero-order valence-corrected chi connectivity index (χ0v) is 33.4. The van der Waals surface area contributed by atoms with Crippen LogP contribution in [0.1, 0.15) is 88.2 Å². The Hall–Kier alpha value is -3.32. The van der Waals surface area contributed by atoms with Gasteiger partial charge >= 0.3 is 0 Å². The van der Waals surface area contributed by atoms with Gasteiger partial charge in [-0.2, -0.15) is 0 Å². The van der Waals surface area contributed by atoms with Crippen molar-refractivity contribution < 1.29 is 0 Å². The minimum Gasteiger partial charge on any atom is -0.261 e. The lowest BCUT2D eigenvalue weighted by Crippen LogP contribution is -2.64. The Balaban J connectivity index is 1.20. The van der Waals surface area contributed by atoms with Crippen LogP contribution in [-0.4, -0.2) is 19.9 Å². The predicted molar refractivity (Wildman–Crippen MR) is 224 cm³/mol. The maximum absolute atomic E-state index is 4.99. The summed E-state index contributed by atoms with van der Waals surface area (Å²) in [4.78, 5) is 19.2. The normalized spacial score (nSPS) is 32.9. The molecule has 0 aliphatic heterocycles. The predicted octanol–water partition coefficient (Wildman–Crippen LogP) is 10.7. The third-order valence-electron chi connectivity index (χ3n) is 15.6. The van der Waals surface area contributed by atoms with Gasteiger partial charge in [0.2, 0.25) is 0 Å². The van der Waals surface area contributed by atoms with Crippen molar-refractivity contribution in [2.24, 2.45) is 46.3 Å². The minimum atomic E-state index is -0.959. The molecular formula is C48H52N4P2. The second-order valence-corrected chi connectivity index (χ2v) is 21.7. The van der Waals surface area contributed by atoms with Crippen LogP contribution in [0, 0.1) is 46.3 Å². The Morgan fingerprint density at radius 2 is 0.963 bits per heavy atom. The van der Waals surface area contributed by atoms with Crippen molar-refractivity contribution >= 4 is 28.0 Å². The average molecular weight is 747 g/mol. The molecule has 0 amide bonds. The quantitative estimate of drug-likeness (QED) is 0.141. The molecule has 4 nitrogen and oxygen atoms in total. The van der Waals surface area contributed by atoms with Crippen molar-refractivity contribution in [1.82, 2.24) is 19.9 Å². The maximum Gasteiger partial charge on any atom is 0.0877 e. The average Bonchev–Trinajstić information content (AvgIpc) is 3.19. The molecule has 5 aromatic rings. The molecule has 0 N–H and O–H groups in total. The van der Waals surface area contributed by atoms with Gasteiger partial charge in [-0.05, 0) is 169 Å². The van der Waals surface area contributed by atoms with Crippen molar-refractivity contribution in [3.05, 3.63) is 121 Å². The second-order valence-electron chi connectivity index (χ2n) is 18.7. The Kier molecular flexibility index (Phi) is 8.26. The molecule has 0 spiro atoms. The number of rotatable bonds is 9. The fraction of sp³-hybridized carbons (Fsp3) is 0.458. The van der Waals surface area contributed by atoms with Gasteiger partial charge in [-0.1, -0.05) is 60.7 Å². The summed E-state index contributed by atoms with van der Waals surface area (Å²) in [6.07, 6.45) is 29.5. The van der Waals surface area contributed by atoms with Gasteiger partial charge in [0.1, 0.15) is 0 Å². The highest BCUT2D eigenvalue weighted by Crippen LogP contribution is 2.78. The summed E-state index contributed by atoms with van der Waals surface area (Å²) in [6, 6.07) is 27.9. The SMILES string of the molecule is PC(c1cc(-c2ccccc2)c(-c2ccccc2)cc1CP(c1cnccn1)c1cnccn1)(C12CC3CC(CC(C3)C1)C2)C12CC3CC(CC(C3)C1)C2. The van der Waals surface area contributed by atoms with Crippen molar-refractivity contribution in [2.75, 3.05) is 0 Å². The van der Waals surface area contributed by atoms with E-state index in [2.05, 4.69) is 92.0 Å². The summed E-state index contributed by atoms with van der Waals surface area (Å²) in [7, 11) is 2.94. The van der Waals surface area contributed by atoms with E-state index in [9.17, 15) is 0 Å². The number of nitrogens with zero attached hydrogens (tertiary/aromatic N) is 4. The summed E-state index contributed by atoms with van der Waals surface area (Å²) in [5.41, 5.74) is 11.1. The summed E-state index contributed by atoms with van der Waals surface area (Å²) >= 11 is 0. The topological polar surface area (TPSA) is 51.6 Å². The zero-order chi connectivity index (χ0) is 35.9. The first-order chi connectivity index (χ1) is 26.5. The lowest BCUT2D eigenvalue weighted by molar-refractivity contribution is -0.158. The van der Waals surface area contributed by atoms with E-state index in [0.717, 1.165) is 52.5 Å². The summed E-state index contributed by atoms with van der Waals surface area (Å²) in [6.45, 7) is 0. The van der Waals surface area contributed by atoms with E-state index in [1.54, 1.807) is 18.0 Å². The Labute approximate surface area is 324 Å². The third kappa shape index (κ3) is 5.44. The molecule has 6 heteroatoms. The van der Waals surface area contributed by atoms with Crippen LogP contribution in [0.2, 0.25) is 0 Å². The largest absolute Gasteiger partial charge is 0.261 e. The highest BCUT2D eigenvalue weighted by molar-refractivity contribution is 7.71. The molecule has 8 aliphatic carbocycles. The van der Waals surface area contributed by atoms with Gasteiger partial charge < -0.3 is 0 Å². The molecule has 54 heavy (non-hydrogen) atoms. The van der Waals surface area contributed by atoms with Crippen LogP contribution >= 0.6 is 17.2 Å². The number of hydrogen-bond donors (Lipinski definition) is 0. The lowest BCUT2D eigenvalue weighted by atomic mass is 9.37. The fourth-order valence-corrected chi connectivity index (χ4v) is 17.4. The first-order valence-electron chi connectivity index (χ1n) is 20.8. The van der Waals surface area contributed by atoms with Crippen LogP contribution in [0.4, 0.5) is 0 Å². The first-order valence-corrected chi connectivity index (χ1v) is 22.9. The van der Waals surface area contributed by atoms with Gasteiger partial charge in [-0.15, -0.1) is 9.24 Å². The highest BCUT2D eigenvalue weighted by Gasteiger charge is 2.69. The van der Waals surface area contributed by atoms with Crippen molar-refractivity contribution in [2.45, 2.75) is 88.4 Å². The molecule has 2 aromatic heterocycles. The van der Waals surface area contributed by atoms with Gasteiger partial charge in [-0.3, -0.25) is 19.9 Å². The molecule has 8 saturated carbocycles. The van der Waals surface area contributed by atoms with Crippen molar-refractivity contribution in [1.29, 1.82) is 0 Å². The molecule has 3 aromatic carbocycles. The van der Waals surface area contributed by atoms with E-state index >= 15 is 0 Å². The monoisotopic (exact) mass is 746 g/mol. The molecule has 0 saturated heterocycles.